The molecule has 2 N–H and O–H groups in total. The van der Waals surface area contributed by atoms with Gasteiger partial charge in [0.25, 0.3) is 0 Å². The van der Waals surface area contributed by atoms with Gasteiger partial charge in [-0.3, -0.25) is 4.79 Å². The normalized spacial score (nSPS) is 12.9. The minimum absolute atomic E-state index is 0.499. The van der Waals surface area contributed by atoms with Crippen molar-refractivity contribution < 1.29 is 9.90 Å². The monoisotopic (exact) mass is 190 g/mol. The van der Waals surface area contributed by atoms with Crippen LogP contribution in [0.5, 0.6) is 0 Å². The first-order chi connectivity index (χ1) is 6.68. The Kier molecular flexibility index (Phi) is 1.96. The number of benzene rings is 1. The Morgan fingerprint density at radius 1 is 1.50 bits per heavy atom. The summed E-state index contributed by atoms with van der Waals surface area (Å²) in [7, 11) is 0. The second kappa shape index (κ2) is 3.14. The minimum atomic E-state index is -0.871. The van der Waals surface area contributed by atoms with E-state index < -0.39 is 11.9 Å². The van der Waals surface area contributed by atoms with Gasteiger partial charge < -0.3 is 10.1 Å². The number of carboxylic acids is 1. The molecule has 0 amide bonds. The Labute approximate surface area is 80.6 Å². The van der Waals surface area contributed by atoms with Crippen molar-refractivity contribution in [2.24, 2.45) is 0 Å². The third kappa shape index (κ3) is 1.35. The summed E-state index contributed by atoms with van der Waals surface area (Å²) in [4.78, 5) is 17.9. The summed E-state index contributed by atoms with van der Waals surface area (Å²) < 4.78 is 0. The van der Waals surface area contributed by atoms with Crippen LogP contribution in [0.2, 0.25) is 0 Å². The number of carbonyl (C=O) groups is 1. The molecule has 0 saturated heterocycles. The topological polar surface area (TPSA) is 66.0 Å². The third-order valence-electron chi connectivity index (χ3n) is 2.19. The van der Waals surface area contributed by atoms with Gasteiger partial charge in [0.2, 0.25) is 0 Å². The number of nitrogens with one attached hydrogen (secondary N) is 1. The minimum Gasteiger partial charge on any atom is -0.481 e. The van der Waals surface area contributed by atoms with Gasteiger partial charge >= 0.3 is 5.97 Å². The molecule has 4 heteroatoms. The van der Waals surface area contributed by atoms with Crippen molar-refractivity contribution in [2.45, 2.75) is 12.8 Å². The zero-order valence-electron chi connectivity index (χ0n) is 7.69. The van der Waals surface area contributed by atoms with Crippen LogP contribution < -0.4 is 0 Å². The number of hydrogen-bond acceptors (Lipinski definition) is 2. The van der Waals surface area contributed by atoms with Gasteiger partial charge in [0, 0.05) is 0 Å². The Balaban J connectivity index is 2.50. The highest BCUT2D eigenvalue weighted by Crippen LogP contribution is 2.16. The van der Waals surface area contributed by atoms with Gasteiger partial charge in [-0.25, -0.2) is 4.98 Å². The predicted octanol–water partition coefficient (Wildman–Crippen LogP) is 1.75. The average molecular weight is 190 g/mol. The maximum Gasteiger partial charge on any atom is 0.313 e. The number of para-hydroxylation sites is 2. The molecule has 0 aliphatic rings. The van der Waals surface area contributed by atoms with E-state index in [4.69, 9.17) is 5.11 Å². The molecule has 2 aromatic rings. The van der Waals surface area contributed by atoms with Gasteiger partial charge in [-0.1, -0.05) is 12.1 Å². The smallest absolute Gasteiger partial charge is 0.313 e. The van der Waals surface area contributed by atoms with Crippen molar-refractivity contribution in [3.05, 3.63) is 30.1 Å². The largest absolute Gasteiger partial charge is 0.481 e. The summed E-state index contributed by atoms with van der Waals surface area (Å²) >= 11 is 0. The van der Waals surface area contributed by atoms with Crippen molar-refractivity contribution in [3.63, 3.8) is 0 Å². The molecule has 0 aliphatic heterocycles. The fourth-order valence-electron chi connectivity index (χ4n) is 1.29. The average Bonchev–Trinajstić information content (AvgIpc) is 2.59. The van der Waals surface area contributed by atoms with E-state index in [0.29, 0.717) is 5.82 Å². The standard InChI is InChI=1S/C10H10N2O2/c1-6(10(13)14)9-11-7-4-2-3-5-8(7)12-9/h2-6H,1H3,(H,11,12)(H,13,14)/t6-/m1/s1. The summed E-state index contributed by atoms with van der Waals surface area (Å²) in [5.41, 5.74) is 1.67. The number of rotatable bonds is 2. The molecule has 0 spiro atoms. The lowest BCUT2D eigenvalue weighted by Crippen LogP contribution is -2.08. The molecule has 0 fully saturated rings. The molecular formula is C10H10N2O2. The maximum atomic E-state index is 10.7. The van der Waals surface area contributed by atoms with E-state index in [-0.39, 0.29) is 0 Å². The van der Waals surface area contributed by atoms with Crippen molar-refractivity contribution in [1.29, 1.82) is 0 Å². The Bertz CT molecular complexity index is 443. The molecule has 0 bridgehead atoms. The molecule has 1 heterocycles. The number of H-pyrrole nitrogens is 1. The van der Waals surface area contributed by atoms with Gasteiger partial charge in [-0.15, -0.1) is 0 Å². The van der Waals surface area contributed by atoms with E-state index in [2.05, 4.69) is 9.97 Å². The molecular weight excluding hydrogens is 180 g/mol. The lowest BCUT2D eigenvalue weighted by Gasteiger charge is -1.99. The molecule has 1 atom stereocenters. The van der Waals surface area contributed by atoms with Gasteiger partial charge in [-0.05, 0) is 19.1 Å². The van der Waals surface area contributed by atoms with E-state index in [1.807, 2.05) is 24.3 Å². The highest BCUT2D eigenvalue weighted by Gasteiger charge is 2.17. The summed E-state index contributed by atoms with van der Waals surface area (Å²) in [6, 6.07) is 7.48. The van der Waals surface area contributed by atoms with E-state index in [1.165, 1.54) is 0 Å². The SMILES string of the molecule is C[C@@H](C(=O)O)c1nc2ccccc2[nH]1. The van der Waals surface area contributed by atoms with Crippen LogP contribution in [0.3, 0.4) is 0 Å². The number of carboxylic acid groups (broad SMARTS) is 1. The molecule has 0 aliphatic carbocycles. The number of imidazole rings is 1. The van der Waals surface area contributed by atoms with E-state index >= 15 is 0 Å². The number of fused-ring (bicyclic) bond motifs is 1. The van der Waals surface area contributed by atoms with Crippen molar-refractivity contribution in [2.75, 3.05) is 0 Å². The van der Waals surface area contributed by atoms with E-state index in [9.17, 15) is 4.79 Å². The van der Waals surface area contributed by atoms with Crippen molar-refractivity contribution >= 4 is 17.0 Å². The highest BCUT2D eigenvalue weighted by atomic mass is 16.4. The van der Waals surface area contributed by atoms with Crippen LogP contribution >= 0.6 is 0 Å². The van der Waals surface area contributed by atoms with Crippen LogP contribution in [0, 0.1) is 0 Å². The molecule has 1 aromatic heterocycles. The molecule has 2 rings (SSSR count). The fraction of sp³-hybridized carbons (Fsp3) is 0.200. The lowest BCUT2D eigenvalue weighted by atomic mass is 10.2. The fourth-order valence-corrected chi connectivity index (χ4v) is 1.29. The number of nitrogens with zero attached hydrogens (tertiary/aromatic N) is 1. The summed E-state index contributed by atoms with van der Waals surface area (Å²) in [6.07, 6.45) is 0. The quantitative estimate of drug-likeness (QED) is 0.758. The highest BCUT2D eigenvalue weighted by molar-refractivity contribution is 5.79. The number of aliphatic carboxylic acids is 1. The zero-order valence-corrected chi connectivity index (χ0v) is 7.69. The van der Waals surface area contributed by atoms with Crippen LogP contribution in [0.4, 0.5) is 0 Å². The van der Waals surface area contributed by atoms with Gasteiger partial charge in [0.1, 0.15) is 11.7 Å². The first kappa shape index (κ1) is 8.74. The molecule has 14 heavy (non-hydrogen) atoms. The Morgan fingerprint density at radius 2 is 2.21 bits per heavy atom. The molecule has 72 valence electrons. The third-order valence-corrected chi connectivity index (χ3v) is 2.19. The van der Waals surface area contributed by atoms with Gasteiger partial charge in [0.15, 0.2) is 0 Å². The number of aromatic amines is 1. The molecule has 4 nitrogen and oxygen atoms in total. The number of aromatic nitrogens is 2. The van der Waals surface area contributed by atoms with E-state index in [0.717, 1.165) is 11.0 Å². The van der Waals surface area contributed by atoms with Crippen LogP contribution in [0.25, 0.3) is 11.0 Å². The zero-order chi connectivity index (χ0) is 10.1. The maximum absolute atomic E-state index is 10.7. The number of hydrogen-bond donors (Lipinski definition) is 2. The second-order valence-electron chi connectivity index (χ2n) is 3.20. The van der Waals surface area contributed by atoms with Crippen LogP contribution in [0.15, 0.2) is 24.3 Å². The summed E-state index contributed by atoms with van der Waals surface area (Å²) in [5.74, 6) is -0.967. The molecule has 1 aromatic carbocycles. The Hall–Kier alpha value is -1.84. The summed E-state index contributed by atoms with van der Waals surface area (Å²) in [6.45, 7) is 1.61. The van der Waals surface area contributed by atoms with Crippen LogP contribution in [-0.4, -0.2) is 21.0 Å². The van der Waals surface area contributed by atoms with Crippen LogP contribution in [-0.2, 0) is 4.79 Å². The first-order valence-electron chi connectivity index (χ1n) is 4.36. The van der Waals surface area contributed by atoms with Crippen LogP contribution in [0.1, 0.15) is 18.7 Å². The first-order valence-corrected chi connectivity index (χ1v) is 4.36. The lowest BCUT2D eigenvalue weighted by molar-refractivity contribution is -0.138. The molecule has 0 saturated carbocycles. The van der Waals surface area contributed by atoms with Crippen molar-refractivity contribution in [1.82, 2.24) is 9.97 Å². The second-order valence-corrected chi connectivity index (χ2v) is 3.20. The molecule has 0 unspecified atom stereocenters. The Morgan fingerprint density at radius 3 is 2.86 bits per heavy atom. The van der Waals surface area contributed by atoms with E-state index in [1.54, 1.807) is 6.92 Å². The van der Waals surface area contributed by atoms with Gasteiger partial charge in [-0.2, -0.15) is 0 Å². The van der Waals surface area contributed by atoms with Gasteiger partial charge in [0.05, 0.1) is 11.0 Å². The predicted molar refractivity (Wildman–Crippen MR) is 52.1 cm³/mol. The molecule has 0 radical (unpaired) electrons. The van der Waals surface area contributed by atoms with Crippen molar-refractivity contribution in [3.8, 4) is 0 Å². The summed E-state index contributed by atoms with van der Waals surface area (Å²) in [5, 5.41) is 8.80.